The minimum Gasteiger partial charge on any atom is -0.393 e. The Morgan fingerprint density at radius 3 is 2.78 bits per heavy atom. The Labute approximate surface area is 157 Å². The number of aliphatic hydroxyl groups excluding tert-OH is 1. The van der Waals surface area contributed by atoms with Crippen LogP contribution in [0.5, 0.6) is 0 Å². The molecule has 1 fully saturated rings. The molecule has 1 saturated carbocycles. The molecule has 0 unspecified atom stereocenters. The summed E-state index contributed by atoms with van der Waals surface area (Å²) in [6, 6.07) is 9.87. The van der Waals surface area contributed by atoms with Gasteiger partial charge >= 0.3 is 0 Å². The molecule has 3 N–H and O–H groups in total. The van der Waals surface area contributed by atoms with E-state index in [2.05, 4.69) is 20.1 Å². The number of hydrogen-bond donors (Lipinski definition) is 2. The molecule has 8 heteroatoms. The van der Waals surface area contributed by atoms with Crippen LogP contribution < -0.4 is 10.6 Å². The topological polar surface area (TPSA) is 114 Å². The smallest absolute Gasteiger partial charge is 0.246 e. The van der Waals surface area contributed by atoms with Crippen LogP contribution in [0.1, 0.15) is 35.9 Å². The first kappa shape index (κ1) is 17.4. The van der Waals surface area contributed by atoms with Crippen LogP contribution >= 0.6 is 0 Å². The van der Waals surface area contributed by atoms with Crippen LogP contribution in [-0.2, 0) is 6.54 Å². The number of aliphatic hydroxyl groups is 1. The van der Waals surface area contributed by atoms with Crippen LogP contribution in [0.3, 0.4) is 0 Å². The summed E-state index contributed by atoms with van der Waals surface area (Å²) in [5, 5.41) is 13.6. The number of anilines is 2. The van der Waals surface area contributed by atoms with E-state index in [1.807, 2.05) is 49.2 Å². The maximum Gasteiger partial charge on any atom is 0.246 e. The largest absolute Gasteiger partial charge is 0.393 e. The minimum absolute atomic E-state index is 0.224. The first-order chi connectivity index (χ1) is 13.0. The lowest BCUT2D eigenvalue weighted by Crippen LogP contribution is -2.28. The number of hydrogen-bond acceptors (Lipinski definition) is 8. The van der Waals surface area contributed by atoms with Crippen LogP contribution in [0.2, 0.25) is 0 Å². The van der Waals surface area contributed by atoms with E-state index in [9.17, 15) is 5.11 Å². The second-order valence-electron chi connectivity index (χ2n) is 7.07. The molecule has 0 saturated heterocycles. The molecule has 1 aliphatic carbocycles. The van der Waals surface area contributed by atoms with Crippen molar-refractivity contribution >= 4 is 11.8 Å². The summed E-state index contributed by atoms with van der Waals surface area (Å²) in [5.74, 6) is 2.20. The zero-order valence-corrected chi connectivity index (χ0v) is 15.3. The Balaban J connectivity index is 1.50. The molecule has 0 bridgehead atoms. The molecule has 1 aromatic carbocycles. The molecular formula is C19H22N6O2. The number of rotatable bonds is 5. The number of nitrogens with two attached hydrogens (primary N) is 1. The zero-order chi connectivity index (χ0) is 19.0. The Morgan fingerprint density at radius 1 is 1.22 bits per heavy atom. The molecule has 8 nitrogen and oxygen atoms in total. The molecule has 3 aromatic rings. The molecule has 27 heavy (non-hydrogen) atoms. The summed E-state index contributed by atoms with van der Waals surface area (Å²) < 4.78 is 5.39. The molecule has 0 radical (unpaired) electrons. The van der Waals surface area contributed by atoms with Gasteiger partial charge in [-0.15, -0.1) is 0 Å². The summed E-state index contributed by atoms with van der Waals surface area (Å²) >= 11 is 0. The summed E-state index contributed by atoms with van der Waals surface area (Å²) in [5.41, 5.74) is 8.80. The van der Waals surface area contributed by atoms with Gasteiger partial charge < -0.3 is 20.3 Å². The van der Waals surface area contributed by atoms with Crippen molar-refractivity contribution in [1.82, 2.24) is 20.1 Å². The van der Waals surface area contributed by atoms with Crippen molar-refractivity contribution in [1.29, 1.82) is 0 Å². The molecule has 0 aliphatic heterocycles. The summed E-state index contributed by atoms with van der Waals surface area (Å²) in [7, 11) is 1.89. The molecule has 0 spiro atoms. The van der Waals surface area contributed by atoms with Crippen molar-refractivity contribution in [2.24, 2.45) is 0 Å². The van der Waals surface area contributed by atoms with Gasteiger partial charge in [-0.3, -0.25) is 0 Å². The molecule has 2 aromatic heterocycles. The van der Waals surface area contributed by atoms with Crippen molar-refractivity contribution in [3.8, 4) is 11.4 Å². The zero-order valence-electron chi connectivity index (χ0n) is 15.3. The Morgan fingerprint density at radius 2 is 2.04 bits per heavy atom. The lowest BCUT2D eigenvalue weighted by molar-refractivity contribution is 0.0732. The molecule has 1 aliphatic rings. The fraction of sp³-hybridized carbons (Fsp3) is 0.368. The van der Waals surface area contributed by atoms with Crippen molar-refractivity contribution < 1.29 is 9.63 Å². The lowest BCUT2D eigenvalue weighted by atomic mass is 9.80. The van der Waals surface area contributed by atoms with E-state index in [-0.39, 0.29) is 18.0 Å². The van der Waals surface area contributed by atoms with Gasteiger partial charge in [-0.05, 0) is 25.8 Å². The van der Waals surface area contributed by atoms with Crippen LogP contribution in [-0.4, -0.2) is 38.4 Å². The number of aromatic nitrogens is 4. The normalized spacial score (nSPS) is 18.9. The van der Waals surface area contributed by atoms with Gasteiger partial charge in [0.1, 0.15) is 5.82 Å². The quantitative estimate of drug-likeness (QED) is 0.707. The van der Waals surface area contributed by atoms with E-state index in [0.29, 0.717) is 36.9 Å². The van der Waals surface area contributed by atoms with Gasteiger partial charge in [0.2, 0.25) is 17.7 Å². The summed E-state index contributed by atoms with van der Waals surface area (Å²) in [6.07, 6.45) is 1.18. The highest BCUT2D eigenvalue weighted by atomic mass is 16.5. The van der Waals surface area contributed by atoms with Crippen LogP contribution in [0, 0.1) is 6.92 Å². The average molecular weight is 366 g/mol. The highest BCUT2D eigenvalue weighted by molar-refractivity contribution is 5.55. The van der Waals surface area contributed by atoms with E-state index >= 15 is 0 Å². The Hall–Kier alpha value is -3.00. The second-order valence-corrected chi connectivity index (χ2v) is 7.07. The molecule has 0 amide bonds. The Kier molecular flexibility index (Phi) is 4.49. The van der Waals surface area contributed by atoms with E-state index in [1.165, 1.54) is 0 Å². The highest BCUT2D eigenvalue weighted by Crippen LogP contribution is 2.36. The van der Waals surface area contributed by atoms with Gasteiger partial charge in [0.25, 0.3) is 0 Å². The van der Waals surface area contributed by atoms with Gasteiger partial charge in [0.15, 0.2) is 0 Å². The SMILES string of the molecule is Cc1cccc(-c2noc(CN(C)c3cc(C4CC(O)C4)nc(N)n3)n2)c1. The third-order valence-corrected chi connectivity index (χ3v) is 4.79. The molecule has 4 rings (SSSR count). The second kappa shape index (κ2) is 6.96. The van der Waals surface area contributed by atoms with Crippen molar-refractivity contribution in [3.63, 3.8) is 0 Å². The van der Waals surface area contributed by atoms with Crippen LogP contribution in [0.25, 0.3) is 11.4 Å². The number of aryl methyl sites for hydroxylation is 1. The van der Waals surface area contributed by atoms with Gasteiger partial charge in [-0.25, -0.2) is 4.98 Å². The van der Waals surface area contributed by atoms with Gasteiger partial charge in [0.05, 0.1) is 18.3 Å². The molecule has 140 valence electrons. The summed E-state index contributed by atoms with van der Waals surface area (Å²) in [6.45, 7) is 2.43. The van der Waals surface area contributed by atoms with Gasteiger partial charge in [-0.2, -0.15) is 9.97 Å². The van der Waals surface area contributed by atoms with E-state index in [4.69, 9.17) is 10.3 Å². The van der Waals surface area contributed by atoms with Crippen molar-refractivity contribution in [3.05, 3.63) is 47.5 Å². The van der Waals surface area contributed by atoms with E-state index < -0.39 is 0 Å². The number of benzene rings is 1. The standard InChI is InChI=1S/C19H22N6O2/c1-11-4-3-5-12(6-11)18-23-17(27-24-18)10-25(2)16-9-15(21-19(20)22-16)13-7-14(26)8-13/h3-6,9,13-14,26H,7-8,10H2,1-2H3,(H2,20,21,22). The maximum atomic E-state index is 9.52. The van der Waals surface area contributed by atoms with Gasteiger partial charge in [-0.1, -0.05) is 28.9 Å². The highest BCUT2D eigenvalue weighted by Gasteiger charge is 2.30. The third-order valence-electron chi connectivity index (χ3n) is 4.79. The predicted octanol–water partition coefficient (Wildman–Crippen LogP) is 2.29. The fourth-order valence-corrected chi connectivity index (χ4v) is 3.21. The van der Waals surface area contributed by atoms with Crippen LogP contribution in [0.15, 0.2) is 34.9 Å². The number of nitrogen functional groups attached to an aromatic ring is 1. The van der Waals surface area contributed by atoms with E-state index in [0.717, 1.165) is 16.8 Å². The molecular weight excluding hydrogens is 344 g/mol. The van der Waals surface area contributed by atoms with Crippen molar-refractivity contribution in [2.45, 2.75) is 38.3 Å². The fourth-order valence-electron chi connectivity index (χ4n) is 3.21. The predicted molar refractivity (Wildman–Crippen MR) is 101 cm³/mol. The maximum absolute atomic E-state index is 9.52. The van der Waals surface area contributed by atoms with Gasteiger partial charge in [0, 0.05) is 24.6 Å². The average Bonchev–Trinajstić information content (AvgIpc) is 3.07. The summed E-state index contributed by atoms with van der Waals surface area (Å²) in [4.78, 5) is 15.0. The lowest BCUT2D eigenvalue weighted by Gasteiger charge is -2.31. The first-order valence-corrected chi connectivity index (χ1v) is 8.91. The minimum atomic E-state index is -0.245. The first-order valence-electron chi connectivity index (χ1n) is 8.91. The van der Waals surface area contributed by atoms with Crippen molar-refractivity contribution in [2.75, 3.05) is 17.7 Å². The van der Waals surface area contributed by atoms with Crippen LogP contribution in [0.4, 0.5) is 11.8 Å². The monoisotopic (exact) mass is 366 g/mol. The Bertz CT molecular complexity index is 951. The third kappa shape index (κ3) is 3.75. The molecule has 0 atom stereocenters. The molecule has 2 heterocycles. The van der Waals surface area contributed by atoms with E-state index in [1.54, 1.807) is 0 Å². The number of nitrogens with zero attached hydrogens (tertiary/aromatic N) is 5.